The third kappa shape index (κ3) is 8.13. The molecule has 1 aromatic rings. The molecule has 0 aliphatic heterocycles. The number of halogens is 1. The number of Topliss-reactive ketones (excluding diaryl/α,β-unsaturated/α-hetero) is 1. The Morgan fingerprint density at radius 1 is 1.35 bits per heavy atom. The number of aliphatic hydroxyl groups excluding tert-OH is 1. The number of carbonyl (C=O) groups is 2. The third-order valence-electron chi connectivity index (χ3n) is 3.01. The van der Waals surface area contributed by atoms with Gasteiger partial charge in [-0.15, -0.1) is 0 Å². The van der Waals surface area contributed by atoms with E-state index < -0.39 is 23.8 Å². The molecule has 0 spiro atoms. The van der Waals surface area contributed by atoms with Crippen molar-refractivity contribution in [2.45, 2.75) is 58.3 Å². The van der Waals surface area contributed by atoms with Crippen LogP contribution in [0.3, 0.4) is 0 Å². The first-order valence-electron chi connectivity index (χ1n) is 7.48. The highest BCUT2D eigenvalue weighted by atomic mass is 79.9. The summed E-state index contributed by atoms with van der Waals surface area (Å²) in [6.07, 6.45) is -1.21. The number of rotatable bonds is 6. The van der Waals surface area contributed by atoms with E-state index in [2.05, 4.69) is 21.2 Å². The van der Waals surface area contributed by atoms with E-state index in [0.717, 1.165) is 10.0 Å². The average molecular weight is 386 g/mol. The molecule has 128 valence electrons. The molecule has 0 heterocycles. The van der Waals surface area contributed by atoms with E-state index in [1.165, 1.54) is 6.92 Å². The van der Waals surface area contributed by atoms with Crippen molar-refractivity contribution in [2.24, 2.45) is 0 Å². The van der Waals surface area contributed by atoms with Crippen LogP contribution in [0.2, 0.25) is 0 Å². The van der Waals surface area contributed by atoms with Crippen LogP contribution in [-0.4, -0.2) is 34.7 Å². The molecule has 0 aromatic heterocycles. The first-order valence-corrected chi connectivity index (χ1v) is 8.27. The summed E-state index contributed by atoms with van der Waals surface area (Å²) in [6.45, 7) is 6.71. The van der Waals surface area contributed by atoms with Crippen LogP contribution in [0.25, 0.3) is 0 Å². The molecule has 0 bridgehead atoms. The molecule has 0 fully saturated rings. The lowest BCUT2D eigenvalue weighted by Gasteiger charge is -2.26. The zero-order valence-corrected chi connectivity index (χ0v) is 15.5. The Balaban J connectivity index is 2.84. The highest BCUT2D eigenvalue weighted by Gasteiger charge is 2.25. The predicted molar refractivity (Wildman–Crippen MR) is 92.3 cm³/mol. The summed E-state index contributed by atoms with van der Waals surface area (Å²) in [5.41, 5.74) is 0.304. The molecular formula is C17H24BrNO4. The van der Waals surface area contributed by atoms with Gasteiger partial charge < -0.3 is 15.2 Å². The number of amides is 1. The van der Waals surface area contributed by atoms with Gasteiger partial charge in [-0.1, -0.05) is 28.1 Å². The van der Waals surface area contributed by atoms with Crippen LogP contribution in [0.4, 0.5) is 4.79 Å². The van der Waals surface area contributed by atoms with Crippen molar-refractivity contribution in [2.75, 3.05) is 0 Å². The quantitative estimate of drug-likeness (QED) is 0.787. The maximum Gasteiger partial charge on any atom is 0.407 e. The number of alkyl carbamates (subject to hydrolysis) is 1. The van der Waals surface area contributed by atoms with Gasteiger partial charge in [0.25, 0.3) is 0 Å². The molecule has 1 rings (SSSR count). The molecule has 23 heavy (non-hydrogen) atoms. The molecule has 0 aliphatic carbocycles. The molecule has 5 nitrogen and oxygen atoms in total. The minimum Gasteiger partial charge on any atom is -0.444 e. The molecule has 0 unspecified atom stereocenters. The molecule has 2 atom stereocenters. The molecule has 0 saturated heterocycles. The predicted octanol–water partition coefficient (Wildman–Crippen LogP) is 3.22. The lowest BCUT2D eigenvalue weighted by molar-refractivity contribution is -0.119. The number of aliphatic hydroxyl groups is 1. The largest absolute Gasteiger partial charge is 0.444 e. The number of ketones is 1. The monoisotopic (exact) mass is 385 g/mol. The summed E-state index contributed by atoms with van der Waals surface area (Å²) in [6, 6.07) is 6.97. The van der Waals surface area contributed by atoms with Gasteiger partial charge in [-0.2, -0.15) is 0 Å². The molecule has 0 saturated carbocycles. The number of benzene rings is 1. The maximum absolute atomic E-state index is 12.0. The van der Waals surface area contributed by atoms with E-state index >= 15 is 0 Å². The van der Waals surface area contributed by atoms with Gasteiger partial charge in [0.15, 0.2) is 0 Å². The highest BCUT2D eigenvalue weighted by molar-refractivity contribution is 9.10. The normalized spacial score (nSPS) is 14.0. The Bertz CT molecular complexity index is 554. The molecule has 6 heteroatoms. The number of hydrogen-bond acceptors (Lipinski definition) is 4. The Labute approximate surface area is 145 Å². The second-order valence-electron chi connectivity index (χ2n) is 6.56. The van der Waals surface area contributed by atoms with Crippen LogP contribution in [0, 0.1) is 0 Å². The Hall–Kier alpha value is -1.40. The van der Waals surface area contributed by atoms with Gasteiger partial charge in [-0.3, -0.25) is 4.79 Å². The summed E-state index contributed by atoms with van der Waals surface area (Å²) in [4.78, 5) is 23.2. The van der Waals surface area contributed by atoms with Gasteiger partial charge in [0.2, 0.25) is 0 Å². The first kappa shape index (κ1) is 19.6. The second-order valence-corrected chi connectivity index (χ2v) is 7.48. The molecular weight excluding hydrogens is 362 g/mol. The van der Waals surface area contributed by atoms with Crippen molar-refractivity contribution >= 4 is 27.8 Å². The zero-order chi connectivity index (χ0) is 17.6. The fourth-order valence-electron chi connectivity index (χ4n) is 2.10. The van der Waals surface area contributed by atoms with Gasteiger partial charge in [0.1, 0.15) is 11.4 Å². The van der Waals surface area contributed by atoms with E-state index in [0.29, 0.717) is 6.42 Å². The molecule has 0 aliphatic rings. The van der Waals surface area contributed by atoms with Crippen LogP contribution in [0.5, 0.6) is 0 Å². The van der Waals surface area contributed by atoms with E-state index in [1.807, 2.05) is 24.3 Å². The fraction of sp³-hybridized carbons (Fsp3) is 0.529. The van der Waals surface area contributed by atoms with Crippen LogP contribution in [0.1, 0.15) is 39.7 Å². The number of carbonyl (C=O) groups excluding carboxylic acids is 2. The molecule has 1 amide bonds. The molecule has 1 aromatic carbocycles. The topological polar surface area (TPSA) is 75.6 Å². The second kappa shape index (κ2) is 8.45. The van der Waals surface area contributed by atoms with Crippen molar-refractivity contribution in [1.82, 2.24) is 5.32 Å². The van der Waals surface area contributed by atoms with Gasteiger partial charge in [-0.05, 0) is 51.8 Å². The van der Waals surface area contributed by atoms with Crippen molar-refractivity contribution in [3.05, 3.63) is 34.3 Å². The van der Waals surface area contributed by atoms with Crippen molar-refractivity contribution in [1.29, 1.82) is 0 Å². The van der Waals surface area contributed by atoms with Gasteiger partial charge >= 0.3 is 6.09 Å². The van der Waals surface area contributed by atoms with Crippen molar-refractivity contribution < 1.29 is 19.4 Å². The summed E-state index contributed by atoms with van der Waals surface area (Å²) >= 11 is 3.39. The molecule has 0 radical (unpaired) electrons. The minimum absolute atomic E-state index is 0.0194. The minimum atomic E-state index is -0.973. The SMILES string of the molecule is CC(=O)C[C@@H](O)[C@H](Cc1cccc(Br)c1)NC(=O)OC(C)(C)C. The van der Waals surface area contributed by atoms with E-state index in [4.69, 9.17) is 4.74 Å². The van der Waals surface area contributed by atoms with E-state index in [9.17, 15) is 14.7 Å². The van der Waals surface area contributed by atoms with Crippen LogP contribution >= 0.6 is 15.9 Å². The molecule has 2 N–H and O–H groups in total. The van der Waals surface area contributed by atoms with E-state index in [1.54, 1.807) is 20.8 Å². The van der Waals surface area contributed by atoms with Crippen LogP contribution in [0.15, 0.2) is 28.7 Å². The number of ether oxygens (including phenoxy) is 1. The summed E-state index contributed by atoms with van der Waals surface area (Å²) in [7, 11) is 0. The lowest BCUT2D eigenvalue weighted by atomic mass is 9.98. The highest BCUT2D eigenvalue weighted by Crippen LogP contribution is 2.16. The van der Waals surface area contributed by atoms with Crippen molar-refractivity contribution in [3.63, 3.8) is 0 Å². The Kier molecular flexibility index (Phi) is 7.22. The summed E-state index contributed by atoms with van der Waals surface area (Å²) < 4.78 is 6.14. The van der Waals surface area contributed by atoms with Gasteiger partial charge in [0, 0.05) is 10.9 Å². The summed E-state index contributed by atoms with van der Waals surface area (Å²) in [5, 5.41) is 12.9. The smallest absolute Gasteiger partial charge is 0.407 e. The zero-order valence-electron chi connectivity index (χ0n) is 13.9. The van der Waals surface area contributed by atoms with Gasteiger partial charge in [0.05, 0.1) is 12.1 Å². The Morgan fingerprint density at radius 2 is 2.00 bits per heavy atom. The summed E-state index contributed by atoms with van der Waals surface area (Å²) in [5.74, 6) is -0.136. The Morgan fingerprint density at radius 3 is 2.52 bits per heavy atom. The van der Waals surface area contributed by atoms with Gasteiger partial charge in [-0.25, -0.2) is 4.79 Å². The first-order chi connectivity index (χ1) is 10.6. The average Bonchev–Trinajstić information content (AvgIpc) is 2.34. The number of hydrogen-bond donors (Lipinski definition) is 2. The standard InChI is InChI=1S/C17H24BrNO4/c1-11(20)8-15(21)14(19-16(22)23-17(2,3)4)10-12-6-5-7-13(18)9-12/h5-7,9,14-15,21H,8,10H2,1-4H3,(H,19,22)/t14-,15+/m0/s1. The maximum atomic E-state index is 12.0. The van der Waals surface area contributed by atoms with Crippen LogP contribution in [-0.2, 0) is 16.0 Å². The van der Waals surface area contributed by atoms with Crippen molar-refractivity contribution in [3.8, 4) is 0 Å². The van der Waals surface area contributed by atoms with Crippen LogP contribution < -0.4 is 5.32 Å². The third-order valence-corrected chi connectivity index (χ3v) is 3.50. The lowest BCUT2D eigenvalue weighted by Crippen LogP contribution is -2.47. The number of nitrogens with one attached hydrogen (secondary N) is 1. The van der Waals surface area contributed by atoms with E-state index in [-0.39, 0.29) is 12.2 Å². The fourth-order valence-corrected chi connectivity index (χ4v) is 2.54.